The van der Waals surface area contributed by atoms with Crippen LogP contribution in [0.4, 0.5) is 0 Å². The van der Waals surface area contributed by atoms with Gasteiger partial charge in [-0.2, -0.15) is 0 Å². The van der Waals surface area contributed by atoms with Gasteiger partial charge < -0.3 is 11.1 Å². The maximum absolute atomic E-state index is 12.5. The molecule has 1 aromatic carbocycles. The molecule has 0 unspecified atom stereocenters. The Kier molecular flexibility index (Phi) is 8.07. The summed E-state index contributed by atoms with van der Waals surface area (Å²) in [4.78, 5) is 12.2. The van der Waals surface area contributed by atoms with E-state index in [0.717, 1.165) is 5.56 Å². The average Bonchev–Trinajstić information content (AvgIpc) is 2.54. The van der Waals surface area contributed by atoms with Gasteiger partial charge in [-0.25, -0.2) is 12.7 Å². The van der Waals surface area contributed by atoms with Gasteiger partial charge in [0.2, 0.25) is 15.9 Å². The van der Waals surface area contributed by atoms with E-state index < -0.39 is 16.1 Å². The third-order valence-corrected chi connectivity index (χ3v) is 6.45. The molecule has 0 radical (unpaired) electrons. The second-order valence-electron chi connectivity index (χ2n) is 7.77. The number of hydrogen-bond donors (Lipinski definition) is 2. The van der Waals surface area contributed by atoms with Crippen LogP contribution in [0, 0.1) is 5.41 Å². The van der Waals surface area contributed by atoms with Gasteiger partial charge in [-0.05, 0) is 23.8 Å². The maximum atomic E-state index is 12.5. The van der Waals surface area contributed by atoms with Crippen molar-refractivity contribution in [3.63, 3.8) is 0 Å². The maximum Gasteiger partial charge on any atom is 0.237 e. The Morgan fingerprint density at radius 2 is 1.77 bits per heavy atom. The van der Waals surface area contributed by atoms with Crippen molar-refractivity contribution in [3.8, 4) is 0 Å². The standard InChI is InChI=1S/C18H29N3O3S.ClH/c1-18(2,3)16(19)17(22)20-15-9-11-21(12-10-15)25(23,24)13-14-7-5-4-6-8-14;/h4-8,15-16H,9-13,19H2,1-3H3,(H,20,22);1H/t16-;/m1./s1. The predicted octanol–water partition coefficient (Wildman–Crippen LogP) is 1.89. The van der Waals surface area contributed by atoms with Crippen molar-refractivity contribution in [2.75, 3.05) is 13.1 Å². The monoisotopic (exact) mass is 403 g/mol. The van der Waals surface area contributed by atoms with E-state index in [1.54, 1.807) is 0 Å². The molecular weight excluding hydrogens is 374 g/mol. The van der Waals surface area contributed by atoms with Crippen LogP contribution in [0.2, 0.25) is 0 Å². The fourth-order valence-electron chi connectivity index (χ4n) is 2.84. The van der Waals surface area contributed by atoms with E-state index in [2.05, 4.69) is 5.32 Å². The molecule has 1 saturated heterocycles. The molecule has 1 amide bonds. The molecule has 1 aliphatic rings. The van der Waals surface area contributed by atoms with E-state index in [9.17, 15) is 13.2 Å². The van der Waals surface area contributed by atoms with Gasteiger partial charge in [-0.1, -0.05) is 51.1 Å². The van der Waals surface area contributed by atoms with Crippen molar-refractivity contribution < 1.29 is 13.2 Å². The highest BCUT2D eigenvalue weighted by molar-refractivity contribution is 7.88. The Hall–Kier alpha value is -1.15. The number of sulfonamides is 1. The fraction of sp³-hybridized carbons (Fsp3) is 0.611. The molecule has 1 atom stereocenters. The van der Waals surface area contributed by atoms with Gasteiger partial charge in [0.1, 0.15) is 0 Å². The van der Waals surface area contributed by atoms with Crippen LogP contribution in [0.1, 0.15) is 39.2 Å². The lowest BCUT2D eigenvalue weighted by atomic mass is 9.86. The molecule has 1 aliphatic heterocycles. The first-order valence-corrected chi connectivity index (χ1v) is 10.3. The van der Waals surface area contributed by atoms with Gasteiger partial charge >= 0.3 is 0 Å². The van der Waals surface area contributed by atoms with E-state index in [4.69, 9.17) is 5.73 Å². The van der Waals surface area contributed by atoms with Crippen LogP contribution < -0.4 is 11.1 Å². The minimum absolute atomic E-state index is 0. The van der Waals surface area contributed by atoms with Crippen molar-refractivity contribution in [2.45, 2.75) is 51.4 Å². The highest BCUT2D eigenvalue weighted by atomic mass is 35.5. The number of nitrogens with one attached hydrogen (secondary N) is 1. The molecule has 0 saturated carbocycles. The van der Waals surface area contributed by atoms with Gasteiger partial charge in [-0.3, -0.25) is 4.79 Å². The summed E-state index contributed by atoms with van der Waals surface area (Å²) in [6.45, 7) is 6.62. The molecule has 0 aromatic heterocycles. The first-order valence-electron chi connectivity index (χ1n) is 8.67. The lowest BCUT2D eigenvalue weighted by molar-refractivity contribution is -0.125. The molecule has 1 fully saturated rings. The number of amides is 1. The summed E-state index contributed by atoms with van der Waals surface area (Å²) in [5.74, 6) is -0.155. The summed E-state index contributed by atoms with van der Waals surface area (Å²) in [5, 5.41) is 2.96. The van der Waals surface area contributed by atoms with Gasteiger partial charge in [0.15, 0.2) is 0 Å². The van der Waals surface area contributed by atoms with E-state index in [1.807, 2.05) is 51.1 Å². The Morgan fingerprint density at radius 3 is 2.27 bits per heavy atom. The zero-order valence-electron chi connectivity index (χ0n) is 15.6. The zero-order valence-corrected chi connectivity index (χ0v) is 17.3. The summed E-state index contributed by atoms with van der Waals surface area (Å²) in [7, 11) is -3.33. The van der Waals surface area contributed by atoms with Crippen LogP contribution in [0.15, 0.2) is 30.3 Å². The van der Waals surface area contributed by atoms with E-state index in [-0.39, 0.29) is 35.5 Å². The lowest BCUT2D eigenvalue weighted by Gasteiger charge is -2.33. The molecule has 3 N–H and O–H groups in total. The molecule has 0 aliphatic carbocycles. The largest absolute Gasteiger partial charge is 0.352 e. The Balaban J connectivity index is 0.00000338. The molecule has 0 bridgehead atoms. The van der Waals surface area contributed by atoms with Gasteiger partial charge in [0.25, 0.3) is 0 Å². The summed E-state index contributed by atoms with van der Waals surface area (Å²) < 4.78 is 26.6. The molecule has 26 heavy (non-hydrogen) atoms. The fourth-order valence-corrected chi connectivity index (χ4v) is 4.40. The van der Waals surface area contributed by atoms with Crippen LogP contribution in [-0.4, -0.2) is 43.8 Å². The molecule has 6 nitrogen and oxygen atoms in total. The normalized spacial score (nSPS) is 18.0. The molecule has 1 aromatic rings. The minimum atomic E-state index is -3.33. The zero-order chi connectivity index (χ0) is 18.7. The molecule has 8 heteroatoms. The Bertz CT molecular complexity index is 681. The van der Waals surface area contributed by atoms with Crippen molar-refractivity contribution >= 4 is 28.3 Å². The number of halogens is 1. The SMILES string of the molecule is CC(C)(C)[C@H](N)C(=O)NC1CCN(S(=O)(=O)Cc2ccccc2)CC1.Cl. The van der Waals surface area contributed by atoms with Crippen LogP contribution in [-0.2, 0) is 20.6 Å². The Morgan fingerprint density at radius 1 is 1.23 bits per heavy atom. The van der Waals surface area contributed by atoms with E-state index in [0.29, 0.717) is 25.9 Å². The van der Waals surface area contributed by atoms with Crippen LogP contribution in [0.25, 0.3) is 0 Å². The lowest BCUT2D eigenvalue weighted by Crippen LogP contribution is -2.54. The van der Waals surface area contributed by atoms with E-state index in [1.165, 1.54) is 4.31 Å². The first-order chi connectivity index (χ1) is 11.6. The second kappa shape index (κ2) is 9.17. The van der Waals surface area contributed by atoms with Gasteiger partial charge in [0.05, 0.1) is 11.8 Å². The van der Waals surface area contributed by atoms with E-state index >= 15 is 0 Å². The number of benzene rings is 1. The Labute approximate surface area is 163 Å². The highest BCUT2D eigenvalue weighted by Gasteiger charge is 2.32. The van der Waals surface area contributed by atoms with Crippen molar-refractivity contribution in [2.24, 2.45) is 11.1 Å². The summed E-state index contributed by atoms with van der Waals surface area (Å²) in [6.07, 6.45) is 1.22. The molecule has 2 rings (SSSR count). The summed E-state index contributed by atoms with van der Waals surface area (Å²) >= 11 is 0. The number of hydrogen-bond acceptors (Lipinski definition) is 4. The van der Waals surface area contributed by atoms with Crippen LogP contribution in [0.5, 0.6) is 0 Å². The van der Waals surface area contributed by atoms with Gasteiger partial charge in [-0.15, -0.1) is 12.4 Å². The number of carbonyl (C=O) groups is 1. The van der Waals surface area contributed by atoms with Gasteiger partial charge in [0, 0.05) is 19.1 Å². The number of piperidine rings is 1. The molecule has 1 heterocycles. The smallest absolute Gasteiger partial charge is 0.237 e. The van der Waals surface area contributed by atoms with Crippen molar-refractivity contribution in [1.82, 2.24) is 9.62 Å². The predicted molar refractivity (Wildman–Crippen MR) is 106 cm³/mol. The quantitative estimate of drug-likeness (QED) is 0.785. The topological polar surface area (TPSA) is 92.5 Å². The van der Waals surface area contributed by atoms with Crippen molar-refractivity contribution in [1.29, 1.82) is 0 Å². The average molecular weight is 404 g/mol. The minimum Gasteiger partial charge on any atom is -0.352 e. The number of rotatable bonds is 5. The van der Waals surface area contributed by atoms with Crippen LogP contribution >= 0.6 is 12.4 Å². The summed E-state index contributed by atoms with van der Waals surface area (Å²) in [5.41, 5.74) is 6.46. The third kappa shape index (κ3) is 6.23. The molecule has 148 valence electrons. The molecule has 0 spiro atoms. The number of nitrogens with zero attached hydrogens (tertiary/aromatic N) is 1. The van der Waals surface area contributed by atoms with Crippen molar-refractivity contribution in [3.05, 3.63) is 35.9 Å². The first kappa shape index (κ1) is 22.9. The second-order valence-corrected chi connectivity index (χ2v) is 9.74. The third-order valence-electron chi connectivity index (χ3n) is 4.60. The van der Waals surface area contributed by atoms with Crippen LogP contribution in [0.3, 0.4) is 0 Å². The number of carbonyl (C=O) groups excluding carboxylic acids is 1. The number of nitrogens with two attached hydrogens (primary N) is 1. The molecular formula is C18H30ClN3O3S. The summed E-state index contributed by atoms with van der Waals surface area (Å²) in [6, 6.07) is 8.58. The highest BCUT2D eigenvalue weighted by Crippen LogP contribution is 2.20.